The summed E-state index contributed by atoms with van der Waals surface area (Å²) in [5.41, 5.74) is 5.15. The van der Waals surface area contributed by atoms with Gasteiger partial charge in [-0.2, -0.15) is 5.48 Å². The molecular weight excluding hydrogens is 346 g/mol. The van der Waals surface area contributed by atoms with Crippen LogP contribution in [-0.4, -0.2) is 27.4 Å². The van der Waals surface area contributed by atoms with Gasteiger partial charge in [0.2, 0.25) is 0 Å². The van der Waals surface area contributed by atoms with Gasteiger partial charge >= 0.3 is 0 Å². The minimum Gasteiger partial charge on any atom is -0.480 e. The van der Waals surface area contributed by atoms with Crippen LogP contribution in [0.2, 0.25) is 0 Å². The number of hydroxylamine groups is 1. The SMILES string of the molecule is CCNO[SH]=C1CC(c2nnc(SCC)o2)Oc2ccc(C)cc21. The monoisotopic (exact) mass is 367 g/mol. The van der Waals surface area contributed by atoms with Crippen molar-refractivity contribution in [3.63, 3.8) is 0 Å². The fourth-order valence-corrected chi connectivity index (χ4v) is 3.67. The highest BCUT2D eigenvalue weighted by molar-refractivity contribution is 7.99. The molecular formula is C16H21N3O3S2. The Bertz CT molecular complexity index is 733. The maximum atomic E-state index is 6.09. The molecule has 1 aliphatic heterocycles. The first-order valence-corrected chi connectivity index (χ1v) is 9.70. The number of thioether (sulfide) groups is 1. The van der Waals surface area contributed by atoms with Crippen molar-refractivity contribution in [2.75, 3.05) is 12.3 Å². The summed E-state index contributed by atoms with van der Waals surface area (Å²) in [7, 11) is 0. The van der Waals surface area contributed by atoms with Gasteiger partial charge in [-0.05, 0) is 36.4 Å². The van der Waals surface area contributed by atoms with Gasteiger partial charge in [-0.3, -0.25) is 0 Å². The fraction of sp³-hybridized carbons (Fsp3) is 0.438. The van der Waals surface area contributed by atoms with Gasteiger partial charge in [-0.15, -0.1) is 10.2 Å². The van der Waals surface area contributed by atoms with Crippen LogP contribution in [0.1, 0.15) is 43.4 Å². The number of hydrogen-bond acceptors (Lipinski definition) is 7. The molecule has 0 saturated heterocycles. The summed E-state index contributed by atoms with van der Waals surface area (Å²) in [6, 6.07) is 6.14. The molecule has 0 fully saturated rings. The number of rotatable bonds is 6. The van der Waals surface area contributed by atoms with Crippen LogP contribution in [-0.2, 0) is 4.28 Å². The molecule has 1 aromatic carbocycles. The van der Waals surface area contributed by atoms with Crippen molar-refractivity contribution in [1.29, 1.82) is 0 Å². The second kappa shape index (κ2) is 8.15. The Hall–Kier alpha value is -1.35. The summed E-state index contributed by atoms with van der Waals surface area (Å²) >= 11 is 2.30. The lowest BCUT2D eigenvalue weighted by Crippen LogP contribution is -2.21. The third kappa shape index (κ3) is 4.00. The number of thiol groups is 1. The molecule has 6 nitrogen and oxygen atoms in total. The van der Waals surface area contributed by atoms with Crippen LogP contribution in [0.15, 0.2) is 27.8 Å². The number of hydrogen-bond donors (Lipinski definition) is 2. The van der Waals surface area contributed by atoms with Crippen molar-refractivity contribution < 1.29 is 13.4 Å². The number of fused-ring (bicyclic) bond motifs is 1. The summed E-state index contributed by atoms with van der Waals surface area (Å²) in [5.74, 6) is 2.22. The smallest absolute Gasteiger partial charge is 0.276 e. The average Bonchev–Trinajstić information content (AvgIpc) is 3.04. The second-order valence-electron chi connectivity index (χ2n) is 5.28. The molecule has 2 heterocycles. The van der Waals surface area contributed by atoms with Crippen LogP contribution in [0, 0.1) is 6.92 Å². The first-order valence-electron chi connectivity index (χ1n) is 7.90. The van der Waals surface area contributed by atoms with E-state index < -0.39 is 0 Å². The number of aryl methyl sites for hydroxylation is 1. The number of aromatic nitrogens is 2. The van der Waals surface area contributed by atoms with Gasteiger partial charge in [-0.25, -0.2) is 4.28 Å². The molecule has 2 aromatic rings. The zero-order valence-electron chi connectivity index (χ0n) is 13.9. The van der Waals surface area contributed by atoms with Crippen molar-refractivity contribution in [3.8, 4) is 5.75 Å². The summed E-state index contributed by atoms with van der Waals surface area (Å²) in [6.45, 7) is 6.86. The molecule has 130 valence electrons. The molecule has 1 aliphatic rings. The third-order valence-electron chi connectivity index (χ3n) is 3.42. The van der Waals surface area contributed by atoms with E-state index in [1.165, 1.54) is 17.3 Å². The first-order chi connectivity index (χ1) is 11.7. The molecule has 0 spiro atoms. The van der Waals surface area contributed by atoms with E-state index in [-0.39, 0.29) is 6.10 Å². The van der Waals surface area contributed by atoms with E-state index in [4.69, 9.17) is 13.4 Å². The molecule has 0 radical (unpaired) electrons. The molecule has 1 atom stereocenters. The van der Waals surface area contributed by atoms with Crippen molar-refractivity contribution in [2.45, 2.75) is 38.5 Å². The molecule has 1 N–H and O–H groups in total. The maximum absolute atomic E-state index is 6.09. The Kier molecular flexibility index (Phi) is 5.94. The largest absolute Gasteiger partial charge is 0.480 e. The maximum Gasteiger partial charge on any atom is 0.276 e. The molecule has 3 rings (SSSR count). The van der Waals surface area contributed by atoms with E-state index in [0.717, 1.165) is 40.1 Å². The topological polar surface area (TPSA) is 69.4 Å². The third-order valence-corrected chi connectivity index (χ3v) is 4.99. The molecule has 0 saturated carbocycles. The predicted octanol–water partition coefficient (Wildman–Crippen LogP) is 3.46. The number of nitrogens with zero attached hydrogens (tertiary/aromatic N) is 2. The summed E-state index contributed by atoms with van der Waals surface area (Å²) < 4.78 is 17.3. The fourth-order valence-electron chi connectivity index (χ4n) is 2.36. The van der Waals surface area contributed by atoms with E-state index in [0.29, 0.717) is 17.5 Å². The highest BCUT2D eigenvalue weighted by Crippen LogP contribution is 2.37. The van der Waals surface area contributed by atoms with Gasteiger partial charge in [0.05, 0.1) is 0 Å². The van der Waals surface area contributed by atoms with Crippen molar-refractivity contribution in [1.82, 2.24) is 15.7 Å². The number of nitrogens with one attached hydrogen (secondary N) is 1. The lowest BCUT2D eigenvalue weighted by molar-refractivity contribution is 0.165. The highest BCUT2D eigenvalue weighted by Gasteiger charge is 2.29. The molecule has 8 heteroatoms. The Morgan fingerprint density at radius 3 is 3.04 bits per heavy atom. The van der Waals surface area contributed by atoms with E-state index >= 15 is 0 Å². The summed E-state index contributed by atoms with van der Waals surface area (Å²) in [6.07, 6.45) is 0.369. The van der Waals surface area contributed by atoms with Gasteiger partial charge in [0.1, 0.15) is 5.75 Å². The second-order valence-corrected chi connectivity index (χ2v) is 7.40. The van der Waals surface area contributed by atoms with Crippen molar-refractivity contribution in [2.24, 2.45) is 0 Å². The minimum absolute atomic E-state index is 0.286. The van der Waals surface area contributed by atoms with Gasteiger partial charge in [0, 0.05) is 23.4 Å². The van der Waals surface area contributed by atoms with Gasteiger partial charge in [-0.1, -0.05) is 37.2 Å². The molecule has 0 bridgehead atoms. The number of ether oxygens (including phenoxy) is 1. The van der Waals surface area contributed by atoms with E-state index in [9.17, 15) is 0 Å². The van der Waals surface area contributed by atoms with E-state index in [1.54, 1.807) is 0 Å². The minimum atomic E-state index is -0.286. The quantitative estimate of drug-likeness (QED) is 0.266. The van der Waals surface area contributed by atoms with E-state index in [2.05, 4.69) is 28.7 Å². The molecule has 0 aliphatic carbocycles. The average molecular weight is 367 g/mol. The van der Waals surface area contributed by atoms with Gasteiger partial charge < -0.3 is 9.15 Å². The Morgan fingerprint density at radius 2 is 2.25 bits per heavy atom. The number of benzene rings is 1. The van der Waals surface area contributed by atoms with E-state index in [1.807, 2.05) is 26.0 Å². The molecule has 1 aromatic heterocycles. The highest BCUT2D eigenvalue weighted by atomic mass is 32.2. The van der Waals surface area contributed by atoms with Crippen molar-refractivity contribution in [3.05, 3.63) is 35.2 Å². The summed E-state index contributed by atoms with van der Waals surface area (Å²) in [5, 5.41) is 8.78. The normalized spacial score (nSPS) is 18.8. The van der Waals surface area contributed by atoms with Gasteiger partial charge in [0.25, 0.3) is 11.1 Å². The van der Waals surface area contributed by atoms with Crippen LogP contribution in [0.25, 0.3) is 0 Å². The summed E-state index contributed by atoms with van der Waals surface area (Å²) in [4.78, 5) is 1.13. The Balaban J connectivity index is 1.88. The standard InChI is InChI=1S/C16H21N3O3S2/c1-4-17-22-24-14-9-13(15-18-19-16(21-15)23-5-2)20-12-7-6-10(3)8-11(12)14/h6-8,13,17,24H,4-5,9H2,1-3H3. The van der Waals surface area contributed by atoms with Crippen LogP contribution < -0.4 is 10.2 Å². The lowest BCUT2D eigenvalue weighted by atomic mass is 10.00. The van der Waals surface area contributed by atoms with Crippen LogP contribution in [0.3, 0.4) is 0 Å². The first kappa shape index (κ1) is 17.5. The van der Waals surface area contributed by atoms with Crippen LogP contribution in [0.5, 0.6) is 5.75 Å². The Labute approximate surface area is 149 Å². The molecule has 0 amide bonds. The van der Waals surface area contributed by atoms with Gasteiger partial charge in [0.15, 0.2) is 6.10 Å². The van der Waals surface area contributed by atoms with Crippen LogP contribution >= 0.6 is 23.4 Å². The van der Waals surface area contributed by atoms with Crippen LogP contribution in [0.4, 0.5) is 0 Å². The zero-order chi connectivity index (χ0) is 16.9. The Morgan fingerprint density at radius 1 is 1.38 bits per heavy atom. The predicted molar refractivity (Wildman–Crippen MR) is 97.7 cm³/mol. The van der Waals surface area contributed by atoms with Crippen molar-refractivity contribution >= 4 is 28.3 Å². The zero-order valence-corrected chi connectivity index (χ0v) is 15.6. The molecule has 24 heavy (non-hydrogen) atoms. The molecule has 1 unspecified atom stereocenters. The lowest BCUT2D eigenvalue weighted by Gasteiger charge is -2.26.